The molecule has 243 valence electrons. The fourth-order valence-electron chi connectivity index (χ4n) is 6.36. The molecule has 2 aromatic carbocycles. The van der Waals surface area contributed by atoms with E-state index in [0.29, 0.717) is 58.7 Å². The first kappa shape index (κ1) is 35.5. The van der Waals surface area contributed by atoms with Gasteiger partial charge in [0.2, 0.25) is 5.78 Å². The van der Waals surface area contributed by atoms with Crippen molar-refractivity contribution in [2.75, 3.05) is 6.61 Å². The minimum absolute atomic E-state index is 0. The predicted octanol–water partition coefficient (Wildman–Crippen LogP) is 4.78. The molecular weight excluding hydrogens is 631 g/mol. The Morgan fingerprint density at radius 1 is 1.11 bits per heavy atom. The first-order chi connectivity index (χ1) is 22.0. The van der Waals surface area contributed by atoms with Crippen LogP contribution >= 0.6 is 0 Å². The molecule has 6 rings (SSSR count). The minimum Gasteiger partial charge on any atom is -0.388 e. The van der Waals surface area contributed by atoms with E-state index in [2.05, 4.69) is 24.7 Å². The summed E-state index contributed by atoms with van der Waals surface area (Å²) >= 11 is 0. The van der Waals surface area contributed by atoms with Gasteiger partial charge in [0.25, 0.3) is 5.56 Å². The summed E-state index contributed by atoms with van der Waals surface area (Å²) in [6, 6.07) is 12.1. The van der Waals surface area contributed by atoms with E-state index in [1.54, 1.807) is 47.2 Å². The number of hydrogen-bond acceptors (Lipinski definition) is 8. The van der Waals surface area contributed by atoms with Gasteiger partial charge in [0.1, 0.15) is 11.6 Å². The Morgan fingerprint density at radius 3 is 2.47 bits per heavy atom. The third kappa shape index (κ3) is 7.77. The largest absolute Gasteiger partial charge is 0.439 e. The van der Waals surface area contributed by atoms with Crippen LogP contribution in [0, 0.1) is 12.7 Å². The van der Waals surface area contributed by atoms with Crippen LogP contribution < -0.4 is 11.3 Å². The molecule has 2 N–H and O–H groups in total. The Labute approximate surface area is 314 Å². The van der Waals surface area contributed by atoms with Gasteiger partial charge in [0.15, 0.2) is 5.82 Å². The van der Waals surface area contributed by atoms with Gasteiger partial charge in [-0.2, -0.15) is 10.1 Å². The molecule has 0 bridgehead atoms. The van der Waals surface area contributed by atoms with Gasteiger partial charge >= 0.3 is 5.76 Å². The molecular formula is C34H39FKN6O5. The molecule has 1 aliphatic rings. The van der Waals surface area contributed by atoms with Crippen molar-refractivity contribution in [3.05, 3.63) is 91.8 Å². The van der Waals surface area contributed by atoms with Gasteiger partial charge in [-0.25, -0.2) is 13.7 Å². The first-order valence-electron chi connectivity index (χ1n) is 15.8. The molecule has 0 aliphatic heterocycles. The van der Waals surface area contributed by atoms with Crippen LogP contribution in [-0.2, 0) is 17.6 Å². The number of fused-ring (bicyclic) bond motifs is 1. The summed E-state index contributed by atoms with van der Waals surface area (Å²) in [5.74, 6) is 0.200. The van der Waals surface area contributed by atoms with Crippen molar-refractivity contribution in [3.8, 4) is 22.5 Å². The van der Waals surface area contributed by atoms with Gasteiger partial charge in [-0.3, -0.25) is 18.9 Å². The van der Waals surface area contributed by atoms with E-state index in [1.165, 1.54) is 6.07 Å². The van der Waals surface area contributed by atoms with E-state index in [0.717, 1.165) is 25.0 Å². The maximum atomic E-state index is 15.9. The van der Waals surface area contributed by atoms with Gasteiger partial charge in [0.05, 0.1) is 24.0 Å². The minimum atomic E-state index is -0.906. The Bertz CT molecular complexity index is 1980. The van der Waals surface area contributed by atoms with Crippen molar-refractivity contribution in [1.29, 1.82) is 0 Å². The molecule has 0 saturated heterocycles. The monoisotopic (exact) mass is 669 g/mol. The van der Waals surface area contributed by atoms with E-state index in [9.17, 15) is 14.7 Å². The summed E-state index contributed by atoms with van der Waals surface area (Å²) < 4.78 is 30.1. The molecule has 1 aliphatic carbocycles. The zero-order valence-corrected chi connectivity index (χ0v) is 30.7. The molecule has 1 saturated carbocycles. The summed E-state index contributed by atoms with van der Waals surface area (Å²) in [6.07, 6.45) is 4.39. The molecule has 13 heteroatoms. The maximum Gasteiger partial charge on any atom is 0.439 e. The number of ether oxygens (including phenoxy) is 1. The molecule has 11 nitrogen and oxygen atoms in total. The number of hydrogen-bond donors (Lipinski definition) is 2. The molecule has 0 atom stereocenters. The van der Waals surface area contributed by atoms with E-state index >= 15 is 4.39 Å². The van der Waals surface area contributed by atoms with Crippen LogP contribution in [0.15, 0.2) is 56.6 Å². The summed E-state index contributed by atoms with van der Waals surface area (Å²) in [5.41, 5.74) is 2.42. The Balaban J connectivity index is 0.00000433. The third-order valence-corrected chi connectivity index (χ3v) is 8.51. The van der Waals surface area contributed by atoms with Crippen LogP contribution in [0.2, 0.25) is 0 Å². The van der Waals surface area contributed by atoms with Crippen LogP contribution in [-0.4, -0.2) is 104 Å². The molecule has 0 unspecified atom stereocenters. The van der Waals surface area contributed by atoms with Crippen LogP contribution in [0.4, 0.5) is 4.39 Å². The van der Waals surface area contributed by atoms with Crippen molar-refractivity contribution in [2.24, 2.45) is 0 Å². The molecule has 1 radical (unpaired) electrons. The molecule has 3 aromatic heterocycles. The second kappa shape index (κ2) is 14.8. The third-order valence-electron chi connectivity index (χ3n) is 8.51. The topological polar surface area (TPSA) is 141 Å². The normalized spacial score (nSPS) is 16.8. The number of rotatable bonds is 10. The maximum absolute atomic E-state index is 15.9. The second-order valence-electron chi connectivity index (χ2n) is 12.7. The van der Waals surface area contributed by atoms with Gasteiger partial charge in [0, 0.05) is 75.0 Å². The van der Waals surface area contributed by atoms with Crippen molar-refractivity contribution in [2.45, 2.75) is 90.4 Å². The number of aliphatic hydroxyl groups is 1. The Kier molecular flexibility index (Phi) is 11.2. The van der Waals surface area contributed by atoms with Crippen molar-refractivity contribution in [3.63, 3.8) is 0 Å². The molecule has 47 heavy (non-hydrogen) atoms. The Hall–Kier alpha value is -2.78. The Morgan fingerprint density at radius 2 is 1.83 bits per heavy atom. The quantitative estimate of drug-likeness (QED) is 0.203. The van der Waals surface area contributed by atoms with E-state index in [-0.39, 0.29) is 87.9 Å². The number of nitrogens with zero attached hydrogens (tertiary/aromatic N) is 5. The zero-order chi connectivity index (χ0) is 32.6. The summed E-state index contributed by atoms with van der Waals surface area (Å²) in [7, 11) is 0. The number of nitrogens with one attached hydrogen (secondary N) is 1. The van der Waals surface area contributed by atoms with Crippen LogP contribution in [0.3, 0.4) is 0 Å². The van der Waals surface area contributed by atoms with Crippen molar-refractivity contribution < 1.29 is 18.8 Å². The summed E-state index contributed by atoms with van der Waals surface area (Å²) in [5, 5.41) is 18.6. The smallest absolute Gasteiger partial charge is 0.388 e. The van der Waals surface area contributed by atoms with Crippen molar-refractivity contribution in [1.82, 2.24) is 29.3 Å². The molecule has 1 fully saturated rings. The number of aromatic amines is 1. The van der Waals surface area contributed by atoms with Crippen LogP contribution in [0.5, 0.6) is 0 Å². The number of aryl methyl sites for hydroxylation is 2. The SMILES string of the molecule is CCCc1c(Cc2ccc(-c3ccccc3-c3noc(=O)[nH]3)cc2F)c(=O)n(C2CCC(OCC(C)(C)O)CC2)c2nc(C)nn12.[K]. The number of H-pyrrole nitrogens is 1. The van der Waals surface area contributed by atoms with Gasteiger partial charge < -0.3 is 9.84 Å². The molecule has 5 aromatic rings. The fraction of sp³-hybridized carbons (Fsp3) is 0.441. The van der Waals surface area contributed by atoms with Gasteiger partial charge in [-0.05, 0) is 75.6 Å². The standard InChI is InChI=1S/C34H39FN6O5.K/c1-5-8-29-27(17-22-12-11-21(18-28(22)35)25-9-6-7-10-26(25)30-37-33(43)46-39-30)31(42)40(32-36-20(2)38-41(29)32)23-13-15-24(16-14-23)45-19-34(3,4)44;/h6-7,9-12,18,23-24,44H,5,8,13-17,19H2,1-4H3,(H,37,39,43);. The number of halogens is 1. The summed E-state index contributed by atoms with van der Waals surface area (Å²) in [6.45, 7) is 7.54. The van der Waals surface area contributed by atoms with E-state index in [1.807, 2.05) is 26.0 Å². The molecule has 3 heterocycles. The van der Waals surface area contributed by atoms with E-state index in [4.69, 9.17) is 4.74 Å². The molecule has 0 amide bonds. The van der Waals surface area contributed by atoms with Crippen LogP contribution in [0.1, 0.15) is 81.6 Å². The second-order valence-corrected chi connectivity index (χ2v) is 12.7. The van der Waals surface area contributed by atoms with Crippen LogP contribution in [0.25, 0.3) is 28.3 Å². The molecule has 0 spiro atoms. The average Bonchev–Trinajstić information content (AvgIpc) is 3.63. The zero-order valence-electron chi connectivity index (χ0n) is 27.5. The predicted molar refractivity (Wildman–Crippen MR) is 176 cm³/mol. The summed E-state index contributed by atoms with van der Waals surface area (Å²) in [4.78, 5) is 33.2. The van der Waals surface area contributed by atoms with Gasteiger partial charge in [-0.15, -0.1) is 0 Å². The van der Waals surface area contributed by atoms with Crippen molar-refractivity contribution >= 4 is 57.2 Å². The number of aromatic nitrogens is 6. The van der Waals surface area contributed by atoms with Gasteiger partial charge in [-0.1, -0.05) is 54.9 Å². The average molecular weight is 670 g/mol. The number of benzene rings is 2. The fourth-order valence-corrected chi connectivity index (χ4v) is 6.36. The first-order valence-corrected chi connectivity index (χ1v) is 15.8. The van der Waals surface area contributed by atoms with E-state index < -0.39 is 17.2 Å².